The summed E-state index contributed by atoms with van der Waals surface area (Å²) in [4.78, 5) is 0. The predicted octanol–water partition coefficient (Wildman–Crippen LogP) is 2.50. The summed E-state index contributed by atoms with van der Waals surface area (Å²) in [5, 5.41) is 0. The maximum Gasteiger partial charge on any atom is 0.0566 e. The predicted molar refractivity (Wildman–Crippen MR) is 69.7 cm³/mol. The van der Waals surface area contributed by atoms with Gasteiger partial charge >= 0.3 is 0 Å². The molecule has 0 spiro atoms. The van der Waals surface area contributed by atoms with Gasteiger partial charge in [-0.25, -0.2) is 0 Å². The van der Waals surface area contributed by atoms with Gasteiger partial charge in [-0.2, -0.15) is 0 Å². The Hall–Kier alpha value is -1.80. The zero-order valence-electron chi connectivity index (χ0n) is 9.14. The lowest BCUT2D eigenvalue weighted by atomic mass is 9.91. The minimum atomic E-state index is -0.351. The molecule has 2 rings (SSSR count). The number of benzene rings is 1. The highest BCUT2D eigenvalue weighted by Gasteiger charge is 2.16. The van der Waals surface area contributed by atoms with E-state index in [2.05, 4.69) is 6.08 Å². The summed E-state index contributed by atoms with van der Waals surface area (Å²) in [5.41, 5.74) is 13.3. The molecule has 1 aromatic rings. The van der Waals surface area contributed by atoms with Gasteiger partial charge in [0.15, 0.2) is 0 Å². The second-order valence-corrected chi connectivity index (χ2v) is 4.10. The van der Waals surface area contributed by atoms with Crippen molar-refractivity contribution >= 4 is 11.8 Å². The first-order chi connectivity index (χ1) is 7.68. The highest BCUT2D eigenvalue weighted by Crippen LogP contribution is 2.18. The molecular formula is C14H16N2. The van der Waals surface area contributed by atoms with Gasteiger partial charge in [0.1, 0.15) is 0 Å². The molecule has 16 heavy (non-hydrogen) atoms. The molecule has 0 amide bonds. The average molecular weight is 212 g/mol. The van der Waals surface area contributed by atoms with Crippen LogP contribution in [0.25, 0.3) is 6.08 Å². The van der Waals surface area contributed by atoms with Crippen molar-refractivity contribution in [3.63, 3.8) is 0 Å². The van der Waals surface area contributed by atoms with Crippen LogP contribution in [-0.2, 0) is 0 Å². The lowest BCUT2D eigenvalue weighted by Gasteiger charge is -2.21. The van der Waals surface area contributed by atoms with E-state index in [-0.39, 0.29) is 5.54 Å². The second kappa shape index (κ2) is 4.37. The fourth-order valence-electron chi connectivity index (χ4n) is 1.64. The molecule has 2 heteroatoms. The summed E-state index contributed by atoms with van der Waals surface area (Å²) in [5.74, 6) is 0. The normalized spacial score (nSPS) is 24.1. The van der Waals surface area contributed by atoms with Crippen LogP contribution in [0.4, 0.5) is 5.69 Å². The molecule has 1 unspecified atom stereocenters. The minimum Gasteiger partial charge on any atom is -0.399 e. The SMILES string of the molecule is Nc1ccc(C=CC2(N)C=CC=CC2)cc1. The van der Waals surface area contributed by atoms with Gasteiger partial charge in [-0.3, -0.25) is 0 Å². The van der Waals surface area contributed by atoms with E-state index in [0.717, 1.165) is 17.7 Å². The molecule has 4 N–H and O–H groups in total. The smallest absolute Gasteiger partial charge is 0.0566 e. The maximum absolute atomic E-state index is 6.19. The molecule has 1 atom stereocenters. The zero-order chi connectivity index (χ0) is 11.4. The van der Waals surface area contributed by atoms with Gasteiger partial charge in [0, 0.05) is 5.69 Å². The number of hydrogen-bond donors (Lipinski definition) is 2. The fourth-order valence-corrected chi connectivity index (χ4v) is 1.64. The first-order valence-corrected chi connectivity index (χ1v) is 5.36. The van der Waals surface area contributed by atoms with Crippen LogP contribution in [0.1, 0.15) is 12.0 Å². The lowest BCUT2D eigenvalue weighted by molar-refractivity contribution is 0.663. The average Bonchev–Trinajstić information content (AvgIpc) is 2.29. The Labute approximate surface area is 96.0 Å². The summed E-state index contributed by atoms with van der Waals surface area (Å²) >= 11 is 0. The molecule has 1 aliphatic carbocycles. The Bertz CT molecular complexity index is 440. The summed E-state index contributed by atoms with van der Waals surface area (Å²) in [7, 11) is 0. The van der Waals surface area contributed by atoms with Crippen LogP contribution in [0, 0.1) is 0 Å². The molecule has 0 fully saturated rings. The highest BCUT2D eigenvalue weighted by atomic mass is 14.7. The number of hydrogen-bond acceptors (Lipinski definition) is 2. The number of nitrogens with two attached hydrogens (primary N) is 2. The summed E-state index contributed by atoms with van der Waals surface area (Å²) in [6, 6.07) is 7.74. The monoisotopic (exact) mass is 212 g/mol. The van der Waals surface area contributed by atoms with Crippen molar-refractivity contribution in [2.24, 2.45) is 5.73 Å². The van der Waals surface area contributed by atoms with E-state index < -0.39 is 0 Å². The van der Waals surface area contributed by atoms with E-state index in [1.165, 1.54) is 0 Å². The van der Waals surface area contributed by atoms with E-state index in [1.807, 2.05) is 54.6 Å². The van der Waals surface area contributed by atoms with E-state index >= 15 is 0 Å². The summed E-state index contributed by atoms with van der Waals surface area (Å²) < 4.78 is 0. The first kappa shape index (κ1) is 10.7. The quantitative estimate of drug-likeness (QED) is 0.740. The first-order valence-electron chi connectivity index (χ1n) is 5.36. The van der Waals surface area contributed by atoms with Crippen molar-refractivity contribution < 1.29 is 0 Å². The molecule has 82 valence electrons. The van der Waals surface area contributed by atoms with Crippen molar-refractivity contribution in [3.8, 4) is 0 Å². The van der Waals surface area contributed by atoms with Gasteiger partial charge in [-0.1, -0.05) is 48.6 Å². The second-order valence-electron chi connectivity index (χ2n) is 4.10. The van der Waals surface area contributed by atoms with Crippen molar-refractivity contribution in [2.75, 3.05) is 5.73 Å². The van der Waals surface area contributed by atoms with Crippen molar-refractivity contribution in [1.29, 1.82) is 0 Å². The number of anilines is 1. The highest BCUT2D eigenvalue weighted by molar-refractivity contribution is 5.55. The van der Waals surface area contributed by atoms with Crippen LogP contribution in [0.2, 0.25) is 0 Å². The number of rotatable bonds is 2. The lowest BCUT2D eigenvalue weighted by Crippen LogP contribution is -2.35. The van der Waals surface area contributed by atoms with E-state index in [1.54, 1.807) is 0 Å². The largest absolute Gasteiger partial charge is 0.399 e. The van der Waals surface area contributed by atoms with Crippen LogP contribution >= 0.6 is 0 Å². The number of nitrogen functional groups attached to an aromatic ring is 1. The van der Waals surface area contributed by atoms with Crippen molar-refractivity contribution in [1.82, 2.24) is 0 Å². The topological polar surface area (TPSA) is 52.0 Å². The standard InChI is InChI=1S/C14H16N2/c15-13-6-4-12(5-7-13)8-11-14(16)9-2-1-3-10-14/h1-9,11H,10,15-16H2. The zero-order valence-corrected chi connectivity index (χ0v) is 9.14. The Morgan fingerprint density at radius 1 is 1.12 bits per heavy atom. The van der Waals surface area contributed by atoms with Gasteiger partial charge in [0.25, 0.3) is 0 Å². The van der Waals surface area contributed by atoms with Crippen LogP contribution in [0.15, 0.2) is 54.6 Å². The van der Waals surface area contributed by atoms with Crippen LogP contribution < -0.4 is 11.5 Å². The Morgan fingerprint density at radius 2 is 1.88 bits per heavy atom. The molecule has 0 heterocycles. The van der Waals surface area contributed by atoms with Crippen molar-refractivity contribution in [3.05, 3.63) is 60.2 Å². The molecule has 0 saturated heterocycles. The maximum atomic E-state index is 6.19. The van der Waals surface area contributed by atoms with Gasteiger partial charge < -0.3 is 11.5 Å². The van der Waals surface area contributed by atoms with Gasteiger partial charge in [0.2, 0.25) is 0 Å². The number of allylic oxidation sites excluding steroid dienone is 2. The van der Waals surface area contributed by atoms with Crippen LogP contribution in [-0.4, -0.2) is 5.54 Å². The minimum absolute atomic E-state index is 0.351. The third-order valence-electron chi connectivity index (χ3n) is 2.65. The van der Waals surface area contributed by atoms with E-state index in [4.69, 9.17) is 11.5 Å². The molecule has 0 bridgehead atoms. The Morgan fingerprint density at radius 3 is 2.50 bits per heavy atom. The fraction of sp³-hybridized carbons (Fsp3) is 0.143. The van der Waals surface area contributed by atoms with Crippen molar-refractivity contribution in [2.45, 2.75) is 12.0 Å². The molecule has 1 aliphatic rings. The van der Waals surface area contributed by atoms with Crippen LogP contribution in [0.3, 0.4) is 0 Å². The third-order valence-corrected chi connectivity index (χ3v) is 2.65. The molecular weight excluding hydrogens is 196 g/mol. The van der Waals surface area contributed by atoms with Gasteiger partial charge in [0.05, 0.1) is 5.54 Å². The Kier molecular flexibility index (Phi) is 2.93. The molecule has 0 aromatic heterocycles. The molecule has 0 radical (unpaired) electrons. The van der Waals surface area contributed by atoms with Gasteiger partial charge in [-0.15, -0.1) is 0 Å². The molecule has 2 nitrogen and oxygen atoms in total. The molecule has 1 aromatic carbocycles. The summed E-state index contributed by atoms with van der Waals surface area (Å²) in [6.07, 6.45) is 13.0. The Balaban J connectivity index is 2.12. The van der Waals surface area contributed by atoms with Crippen LogP contribution in [0.5, 0.6) is 0 Å². The third kappa shape index (κ3) is 2.61. The molecule has 0 aliphatic heterocycles. The van der Waals surface area contributed by atoms with E-state index in [0.29, 0.717) is 0 Å². The van der Waals surface area contributed by atoms with Gasteiger partial charge in [-0.05, 0) is 24.1 Å². The van der Waals surface area contributed by atoms with E-state index in [9.17, 15) is 0 Å². The molecule has 0 saturated carbocycles. The summed E-state index contributed by atoms with van der Waals surface area (Å²) in [6.45, 7) is 0.